The maximum absolute atomic E-state index is 13.5. The van der Waals surface area contributed by atoms with Gasteiger partial charge in [0.25, 0.3) is 0 Å². The molecule has 1 fully saturated rings. The number of carbonyl (C=O) groups is 5. The summed E-state index contributed by atoms with van der Waals surface area (Å²) in [5.41, 5.74) is 7.39. The topological polar surface area (TPSA) is 216 Å². The predicted molar refractivity (Wildman–Crippen MR) is 152 cm³/mol. The minimum absolute atomic E-state index is 0.00165. The molecule has 9 N–H and O–H groups in total. The highest BCUT2D eigenvalue weighted by Gasteiger charge is 2.32. The number of hydrogen-bond acceptors (Lipinski definition) is 7. The molecule has 1 aliphatic rings. The third-order valence-corrected chi connectivity index (χ3v) is 7.14. The monoisotopic (exact) mass is 578 g/mol. The molecule has 0 spiro atoms. The van der Waals surface area contributed by atoms with Crippen LogP contribution < -0.4 is 27.0 Å². The number of para-hydroxylation sites is 1. The molecule has 4 rings (SSSR count). The van der Waals surface area contributed by atoms with E-state index in [1.807, 2.05) is 24.3 Å². The highest BCUT2D eigenvalue weighted by molar-refractivity contribution is 5.96. The molecule has 2 heterocycles. The number of benzene rings is 2. The Morgan fingerprint density at radius 3 is 2.26 bits per heavy atom. The molecule has 2 aromatic carbocycles. The smallest absolute Gasteiger partial charge is 0.326 e. The van der Waals surface area contributed by atoms with Crippen molar-refractivity contribution in [1.82, 2.24) is 26.3 Å². The molecule has 0 radical (unpaired) electrons. The molecule has 4 unspecified atom stereocenters. The van der Waals surface area contributed by atoms with Gasteiger partial charge in [0.1, 0.15) is 23.9 Å². The summed E-state index contributed by atoms with van der Waals surface area (Å²) in [6.07, 6.45) is 2.42. The van der Waals surface area contributed by atoms with E-state index in [9.17, 15) is 34.2 Å². The minimum Gasteiger partial charge on any atom is -0.508 e. The van der Waals surface area contributed by atoms with Gasteiger partial charge in [0, 0.05) is 29.9 Å². The maximum atomic E-state index is 13.5. The highest BCUT2D eigenvalue weighted by atomic mass is 16.4. The van der Waals surface area contributed by atoms with E-state index in [2.05, 4.69) is 26.3 Å². The van der Waals surface area contributed by atoms with Gasteiger partial charge in [0.05, 0.1) is 12.5 Å². The van der Waals surface area contributed by atoms with E-state index >= 15 is 0 Å². The van der Waals surface area contributed by atoms with Gasteiger partial charge in [-0.15, -0.1) is 0 Å². The number of carboxylic acids is 1. The van der Waals surface area contributed by atoms with E-state index in [0.717, 1.165) is 17.3 Å². The number of hydrogen-bond donors (Lipinski definition) is 8. The Kier molecular flexibility index (Phi) is 9.76. The van der Waals surface area contributed by atoms with E-state index in [1.54, 1.807) is 18.3 Å². The Hall–Kier alpha value is -4.91. The molecule has 0 bridgehead atoms. The number of H-pyrrole nitrogens is 1. The number of carbonyl (C=O) groups excluding carboxylic acids is 4. The first-order valence-electron chi connectivity index (χ1n) is 13.6. The van der Waals surface area contributed by atoms with Crippen LogP contribution >= 0.6 is 0 Å². The number of nitrogens with two attached hydrogens (primary N) is 1. The van der Waals surface area contributed by atoms with Crippen molar-refractivity contribution >= 4 is 40.5 Å². The summed E-state index contributed by atoms with van der Waals surface area (Å²) >= 11 is 0. The zero-order chi connectivity index (χ0) is 30.2. The fourth-order valence-electron chi connectivity index (χ4n) is 4.93. The van der Waals surface area contributed by atoms with Gasteiger partial charge in [0.15, 0.2) is 0 Å². The largest absolute Gasteiger partial charge is 0.508 e. The SMILES string of the molecule is NC(=O)CC(NC(=O)C1CCCN1)C(=O)NC(Cc1ccc(O)cc1)C(=O)NC(Cc1c[nH]c2ccccc12)C(=O)O. The zero-order valence-electron chi connectivity index (χ0n) is 22.8. The van der Waals surface area contributed by atoms with E-state index < -0.39 is 60.2 Å². The summed E-state index contributed by atoms with van der Waals surface area (Å²) in [7, 11) is 0. The van der Waals surface area contributed by atoms with Crippen molar-refractivity contribution in [2.75, 3.05) is 6.54 Å². The Bertz CT molecular complexity index is 1450. The molecule has 0 aliphatic carbocycles. The average Bonchev–Trinajstić information content (AvgIpc) is 3.64. The second kappa shape index (κ2) is 13.6. The molecule has 4 atom stereocenters. The number of primary amides is 1. The fourth-order valence-corrected chi connectivity index (χ4v) is 4.93. The zero-order valence-corrected chi connectivity index (χ0v) is 22.8. The molecule has 13 heteroatoms. The van der Waals surface area contributed by atoms with Crippen LogP contribution in [0.5, 0.6) is 5.75 Å². The quantitative estimate of drug-likeness (QED) is 0.136. The number of fused-ring (bicyclic) bond motifs is 1. The Morgan fingerprint density at radius 1 is 0.905 bits per heavy atom. The van der Waals surface area contributed by atoms with Crippen molar-refractivity contribution in [2.45, 2.75) is 56.3 Å². The standard InChI is InChI=1S/C29H34N6O7/c30-25(37)14-23(34-26(38)21-6-3-11-31-21)28(40)33-22(12-16-7-9-18(36)10-8-16)27(39)35-24(29(41)42)13-17-15-32-20-5-2-1-4-19(17)20/h1-2,4-5,7-10,15,21-24,31-32,36H,3,6,11-14H2,(H2,30,37)(H,33,40)(H,34,38)(H,35,39)(H,41,42). The van der Waals surface area contributed by atoms with Crippen LogP contribution in [0.4, 0.5) is 0 Å². The van der Waals surface area contributed by atoms with Gasteiger partial charge in [-0.3, -0.25) is 19.2 Å². The second-order valence-electron chi connectivity index (χ2n) is 10.3. The number of aromatic amines is 1. The maximum Gasteiger partial charge on any atom is 0.326 e. The van der Waals surface area contributed by atoms with Crippen LogP contribution in [0, 0.1) is 0 Å². The van der Waals surface area contributed by atoms with Gasteiger partial charge in [-0.05, 0) is 48.7 Å². The van der Waals surface area contributed by atoms with Crippen molar-refractivity contribution in [3.63, 3.8) is 0 Å². The minimum atomic E-state index is -1.35. The number of amides is 4. The van der Waals surface area contributed by atoms with Crippen LogP contribution in [-0.4, -0.2) is 75.5 Å². The van der Waals surface area contributed by atoms with Crippen LogP contribution in [0.2, 0.25) is 0 Å². The van der Waals surface area contributed by atoms with E-state index in [-0.39, 0.29) is 18.6 Å². The average molecular weight is 579 g/mol. The van der Waals surface area contributed by atoms with Crippen molar-refractivity contribution in [3.8, 4) is 5.75 Å². The number of nitrogens with one attached hydrogen (secondary N) is 5. The first-order chi connectivity index (χ1) is 20.1. The summed E-state index contributed by atoms with van der Waals surface area (Å²) in [5, 5.41) is 31.0. The molecule has 1 aromatic heterocycles. The van der Waals surface area contributed by atoms with Crippen molar-refractivity contribution in [2.24, 2.45) is 5.73 Å². The summed E-state index contributed by atoms with van der Waals surface area (Å²) < 4.78 is 0. The Labute approximate surface area is 241 Å². The van der Waals surface area contributed by atoms with Crippen LogP contribution in [0.25, 0.3) is 10.9 Å². The normalized spacial score (nSPS) is 16.7. The molecule has 42 heavy (non-hydrogen) atoms. The van der Waals surface area contributed by atoms with Gasteiger partial charge in [0.2, 0.25) is 23.6 Å². The van der Waals surface area contributed by atoms with Crippen LogP contribution in [0.15, 0.2) is 54.7 Å². The number of aromatic hydroxyl groups is 1. The third kappa shape index (κ3) is 7.85. The number of phenolic OH excluding ortho intramolecular Hbond substituents is 1. The molecule has 0 saturated carbocycles. The summed E-state index contributed by atoms with van der Waals surface area (Å²) in [4.78, 5) is 66.5. The lowest BCUT2D eigenvalue weighted by Crippen LogP contribution is -2.58. The predicted octanol–water partition coefficient (Wildman–Crippen LogP) is -0.175. The molecule has 4 amide bonds. The van der Waals surface area contributed by atoms with Gasteiger partial charge in [-0.2, -0.15) is 0 Å². The third-order valence-electron chi connectivity index (χ3n) is 7.14. The van der Waals surface area contributed by atoms with Gasteiger partial charge in [-0.25, -0.2) is 4.79 Å². The van der Waals surface area contributed by atoms with E-state index in [4.69, 9.17) is 5.73 Å². The number of aliphatic carboxylic acids is 1. The molecular weight excluding hydrogens is 544 g/mol. The highest BCUT2D eigenvalue weighted by Crippen LogP contribution is 2.19. The summed E-state index contributed by atoms with van der Waals surface area (Å²) in [5.74, 6) is -4.20. The lowest BCUT2D eigenvalue weighted by molar-refractivity contribution is -0.142. The van der Waals surface area contributed by atoms with E-state index in [0.29, 0.717) is 24.1 Å². The van der Waals surface area contributed by atoms with E-state index in [1.165, 1.54) is 12.1 Å². The Morgan fingerprint density at radius 2 is 1.60 bits per heavy atom. The number of aromatic nitrogens is 1. The van der Waals surface area contributed by atoms with Gasteiger partial charge in [-0.1, -0.05) is 30.3 Å². The second-order valence-corrected chi connectivity index (χ2v) is 10.3. The molecule has 13 nitrogen and oxygen atoms in total. The number of rotatable bonds is 13. The lowest BCUT2D eigenvalue weighted by atomic mass is 10.0. The molecular formula is C29H34N6O7. The number of phenols is 1. The van der Waals surface area contributed by atoms with Gasteiger partial charge < -0.3 is 42.2 Å². The fraction of sp³-hybridized carbons (Fsp3) is 0.345. The summed E-state index contributed by atoms with van der Waals surface area (Å²) in [6.45, 7) is 0.642. The van der Waals surface area contributed by atoms with Crippen molar-refractivity contribution in [3.05, 3.63) is 65.9 Å². The van der Waals surface area contributed by atoms with Crippen LogP contribution in [-0.2, 0) is 36.8 Å². The van der Waals surface area contributed by atoms with Crippen molar-refractivity contribution in [1.29, 1.82) is 0 Å². The van der Waals surface area contributed by atoms with Crippen LogP contribution in [0.3, 0.4) is 0 Å². The first-order valence-corrected chi connectivity index (χ1v) is 13.6. The molecule has 1 saturated heterocycles. The number of carboxylic acid groups (broad SMARTS) is 1. The molecule has 3 aromatic rings. The van der Waals surface area contributed by atoms with Crippen LogP contribution in [0.1, 0.15) is 30.4 Å². The molecule has 1 aliphatic heterocycles. The first kappa shape index (κ1) is 30.1. The Balaban J connectivity index is 1.53. The summed E-state index contributed by atoms with van der Waals surface area (Å²) in [6, 6.07) is 8.78. The van der Waals surface area contributed by atoms with Gasteiger partial charge >= 0.3 is 5.97 Å². The van der Waals surface area contributed by atoms with Crippen molar-refractivity contribution < 1.29 is 34.2 Å². The lowest BCUT2D eigenvalue weighted by Gasteiger charge is -2.25. The molecule has 222 valence electrons.